The van der Waals surface area contributed by atoms with Crippen LogP contribution >= 0.6 is 0 Å². The van der Waals surface area contributed by atoms with Gasteiger partial charge in [0.2, 0.25) is 5.91 Å². The molecule has 0 unspecified atom stereocenters. The molecule has 1 aliphatic rings. The van der Waals surface area contributed by atoms with E-state index < -0.39 is 0 Å². The fourth-order valence-corrected chi connectivity index (χ4v) is 2.92. The van der Waals surface area contributed by atoms with Gasteiger partial charge in [-0.15, -0.1) is 0 Å². The lowest BCUT2D eigenvalue weighted by Crippen LogP contribution is -2.40. The first-order valence-electron chi connectivity index (χ1n) is 7.36. The highest BCUT2D eigenvalue weighted by atomic mass is 16.2. The molecule has 1 aromatic rings. The zero-order valence-electron chi connectivity index (χ0n) is 13.0. The van der Waals surface area contributed by atoms with Crippen molar-refractivity contribution in [3.05, 3.63) is 35.9 Å². The summed E-state index contributed by atoms with van der Waals surface area (Å²) in [7, 11) is 4.13. The predicted molar refractivity (Wildman–Crippen MR) is 82.6 cm³/mol. The molecule has 20 heavy (non-hydrogen) atoms. The maximum absolute atomic E-state index is 12.2. The number of nitrogens with zero attached hydrogens (tertiary/aromatic N) is 1. The van der Waals surface area contributed by atoms with E-state index in [1.54, 1.807) is 0 Å². The molecule has 1 fully saturated rings. The van der Waals surface area contributed by atoms with Gasteiger partial charge in [0.05, 0.1) is 0 Å². The number of carbonyl (C=O) groups excluding carboxylic acids is 1. The van der Waals surface area contributed by atoms with Gasteiger partial charge in [0.25, 0.3) is 0 Å². The minimum atomic E-state index is 0.107. The zero-order chi connectivity index (χ0) is 14.8. The van der Waals surface area contributed by atoms with Gasteiger partial charge < -0.3 is 10.2 Å². The monoisotopic (exact) mass is 274 g/mol. The quantitative estimate of drug-likeness (QED) is 0.864. The van der Waals surface area contributed by atoms with Crippen LogP contribution in [0.15, 0.2) is 30.3 Å². The van der Waals surface area contributed by atoms with Crippen LogP contribution in [-0.2, 0) is 4.79 Å². The van der Waals surface area contributed by atoms with Crippen molar-refractivity contribution < 1.29 is 4.79 Å². The van der Waals surface area contributed by atoms with Crippen molar-refractivity contribution in [2.75, 3.05) is 27.2 Å². The minimum Gasteiger partial charge on any atom is -0.355 e. The molecule has 1 aromatic carbocycles. The lowest BCUT2D eigenvalue weighted by atomic mass is 9.93. The summed E-state index contributed by atoms with van der Waals surface area (Å²) in [6.07, 6.45) is 0.990. The van der Waals surface area contributed by atoms with Crippen LogP contribution in [-0.4, -0.2) is 38.0 Å². The van der Waals surface area contributed by atoms with Crippen molar-refractivity contribution in [3.8, 4) is 0 Å². The standard InChI is InChI=1S/C17H26N2O/c1-17(2,12-19(3)4)11-18-16(20)15-10-14(15)13-8-6-5-7-9-13/h5-9,14-15H,10-12H2,1-4H3,(H,18,20)/t14-,15+/m1/s1. The molecule has 1 saturated carbocycles. The van der Waals surface area contributed by atoms with E-state index in [1.165, 1.54) is 5.56 Å². The third kappa shape index (κ3) is 4.07. The summed E-state index contributed by atoms with van der Waals surface area (Å²) < 4.78 is 0. The molecule has 110 valence electrons. The number of nitrogens with one attached hydrogen (secondary N) is 1. The molecule has 0 spiro atoms. The molecule has 2 atom stereocenters. The van der Waals surface area contributed by atoms with E-state index in [1.807, 2.05) is 18.2 Å². The summed E-state index contributed by atoms with van der Waals surface area (Å²) in [6.45, 7) is 6.09. The minimum absolute atomic E-state index is 0.107. The molecular weight excluding hydrogens is 248 g/mol. The lowest BCUT2D eigenvalue weighted by Gasteiger charge is -2.28. The van der Waals surface area contributed by atoms with Crippen LogP contribution in [0.1, 0.15) is 31.7 Å². The first kappa shape index (κ1) is 15.0. The molecule has 0 saturated heterocycles. The van der Waals surface area contributed by atoms with Crippen molar-refractivity contribution in [1.82, 2.24) is 10.2 Å². The summed E-state index contributed by atoms with van der Waals surface area (Å²) in [4.78, 5) is 14.4. The molecule has 0 heterocycles. The van der Waals surface area contributed by atoms with Crippen LogP contribution in [0.5, 0.6) is 0 Å². The molecule has 1 N–H and O–H groups in total. The Kier molecular flexibility index (Phi) is 4.48. The molecule has 1 amide bonds. The van der Waals surface area contributed by atoms with Gasteiger partial charge in [-0.1, -0.05) is 44.2 Å². The number of rotatable bonds is 6. The molecule has 2 rings (SSSR count). The van der Waals surface area contributed by atoms with E-state index in [4.69, 9.17) is 0 Å². The van der Waals surface area contributed by atoms with Crippen LogP contribution in [0.25, 0.3) is 0 Å². The van der Waals surface area contributed by atoms with Crippen LogP contribution in [0, 0.1) is 11.3 Å². The Morgan fingerprint density at radius 2 is 1.95 bits per heavy atom. The number of amides is 1. The summed E-state index contributed by atoms with van der Waals surface area (Å²) in [5.74, 6) is 0.811. The Labute approximate surface area is 122 Å². The van der Waals surface area contributed by atoms with Gasteiger partial charge >= 0.3 is 0 Å². The third-order valence-electron chi connectivity index (χ3n) is 3.84. The fourth-order valence-electron chi connectivity index (χ4n) is 2.92. The Hall–Kier alpha value is -1.35. The Bertz CT molecular complexity index is 453. The van der Waals surface area contributed by atoms with Crippen LogP contribution in [0.3, 0.4) is 0 Å². The Morgan fingerprint density at radius 1 is 1.30 bits per heavy atom. The van der Waals surface area contributed by atoms with Gasteiger partial charge in [0.1, 0.15) is 0 Å². The number of benzene rings is 1. The summed E-state index contributed by atoms with van der Waals surface area (Å²) in [6, 6.07) is 10.3. The van der Waals surface area contributed by atoms with Crippen molar-refractivity contribution in [2.45, 2.75) is 26.2 Å². The van der Waals surface area contributed by atoms with Gasteiger partial charge in [0, 0.05) is 19.0 Å². The molecule has 0 radical (unpaired) electrons. The van der Waals surface area contributed by atoms with Crippen LogP contribution < -0.4 is 5.32 Å². The topological polar surface area (TPSA) is 32.3 Å². The van der Waals surface area contributed by atoms with Gasteiger partial charge in [-0.2, -0.15) is 0 Å². The predicted octanol–water partition coefficient (Wildman–Crippen LogP) is 2.49. The zero-order valence-corrected chi connectivity index (χ0v) is 13.0. The van der Waals surface area contributed by atoms with Crippen LogP contribution in [0.4, 0.5) is 0 Å². The summed E-state index contributed by atoms with van der Waals surface area (Å²) in [5, 5.41) is 3.12. The second-order valence-electron chi connectivity index (χ2n) is 6.98. The first-order valence-corrected chi connectivity index (χ1v) is 7.36. The maximum Gasteiger partial charge on any atom is 0.223 e. The van der Waals surface area contributed by atoms with Gasteiger partial charge in [-0.25, -0.2) is 0 Å². The maximum atomic E-state index is 12.2. The molecule has 0 aromatic heterocycles. The Balaban J connectivity index is 1.80. The largest absolute Gasteiger partial charge is 0.355 e. The average Bonchev–Trinajstić information content (AvgIpc) is 3.16. The van der Waals surface area contributed by atoms with E-state index in [9.17, 15) is 4.79 Å². The van der Waals surface area contributed by atoms with Crippen molar-refractivity contribution >= 4 is 5.91 Å². The molecule has 0 bridgehead atoms. The van der Waals surface area contributed by atoms with Crippen molar-refractivity contribution in [1.29, 1.82) is 0 Å². The third-order valence-corrected chi connectivity index (χ3v) is 3.84. The van der Waals surface area contributed by atoms with Crippen molar-refractivity contribution in [3.63, 3.8) is 0 Å². The SMILES string of the molecule is CN(C)CC(C)(C)CNC(=O)[C@H]1C[C@@H]1c1ccccc1. The Morgan fingerprint density at radius 3 is 2.55 bits per heavy atom. The molecular formula is C17H26N2O. The van der Waals surface area contributed by atoms with Gasteiger partial charge in [-0.05, 0) is 37.4 Å². The molecule has 3 nitrogen and oxygen atoms in total. The highest BCUT2D eigenvalue weighted by Gasteiger charge is 2.43. The normalized spacial score (nSPS) is 21.9. The molecule has 3 heteroatoms. The smallest absolute Gasteiger partial charge is 0.223 e. The van der Waals surface area contributed by atoms with E-state index in [-0.39, 0.29) is 17.2 Å². The van der Waals surface area contributed by atoms with Crippen molar-refractivity contribution in [2.24, 2.45) is 11.3 Å². The van der Waals surface area contributed by atoms with Gasteiger partial charge in [0.15, 0.2) is 0 Å². The highest BCUT2D eigenvalue weighted by Crippen LogP contribution is 2.47. The number of hydrogen-bond donors (Lipinski definition) is 1. The van der Waals surface area contributed by atoms with E-state index >= 15 is 0 Å². The average molecular weight is 274 g/mol. The number of hydrogen-bond acceptors (Lipinski definition) is 2. The first-order chi connectivity index (χ1) is 9.39. The summed E-state index contributed by atoms with van der Waals surface area (Å²) >= 11 is 0. The second-order valence-corrected chi connectivity index (χ2v) is 6.98. The fraction of sp³-hybridized carbons (Fsp3) is 0.588. The van der Waals surface area contributed by atoms with E-state index in [2.05, 4.69) is 50.3 Å². The van der Waals surface area contributed by atoms with Gasteiger partial charge in [-0.3, -0.25) is 4.79 Å². The second kappa shape index (κ2) is 5.96. The van der Waals surface area contributed by atoms with E-state index in [0.29, 0.717) is 5.92 Å². The molecule has 1 aliphatic carbocycles. The summed E-state index contributed by atoms with van der Waals surface area (Å²) in [5.41, 5.74) is 1.40. The highest BCUT2D eigenvalue weighted by molar-refractivity contribution is 5.82. The lowest BCUT2D eigenvalue weighted by molar-refractivity contribution is -0.122. The van der Waals surface area contributed by atoms with E-state index in [0.717, 1.165) is 19.5 Å². The molecule has 0 aliphatic heterocycles. The number of carbonyl (C=O) groups is 1. The van der Waals surface area contributed by atoms with Crippen LogP contribution in [0.2, 0.25) is 0 Å².